The third-order valence-electron chi connectivity index (χ3n) is 11.8. The van der Waals surface area contributed by atoms with Crippen LogP contribution >= 0.6 is 0 Å². The molecule has 0 N–H and O–H groups in total. The first-order valence-electron chi connectivity index (χ1n) is 25.4. The molecule has 0 amide bonds. The van der Waals surface area contributed by atoms with Crippen molar-refractivity contribution in [2.75, 3.05) is 13.2 Å². The van der Waals surface area contributed by atoms with Gasteiger partial charge < -0.3 is 18.9 Å². The van der Waals surface area contributed by atoms with Gasteiger partial charge in [0.1, 0.15) is 11.8 Å². The number of hydrogen-bond donors (Lipinski definition) is 0. The van der Waals surface area contributed by atoms with Gasteiger partial charge in [-0.3, -0.25) is 9.98 Å². The Bertz CT molecular complexity index is 2460. The van der Waals surface area contributed by atoms with Crippen LogP contribution in [0.4, 0.5) is 20.2 Å². The molecule has 5 aromatic rings. The van der Waals surface area contributed by atoms with Gasteiger partial charge in [0.2, 0.25) is 0 Å². The maximum Gasteiger partial charge on any atom is 0.343 e. The summed E-state index contributed by atoms with van der Waals surface area (Å²) in [4.78, 5) is 35.0. The molecule has 70 heavy (non-hydrogen) atoms. The second-order valence-electron chi connectivity index (χ2n) is 17.6. The first kappa shape index (κ1) is 54.3. The molecule has 0 fully saturated rings. The molecule has 0 radical (unpaired) electrons. The Hall–Kier alpha value is -6.67. The third kappa shape index (κ3) is 19.7. The Balaban J connectivity index is 1.03. The third-order valence-corrected chi connectivity index (χ3v) is 11.8. The molecule has 0 heterocycles. The summed E-state index contributed by atoms with van der Waals surface area (Å²) in [6.07, 6.45) is 27.5. The van der Waals surface area contributed by atoms with Crippen molar-refractivity contribution < 1.29 is 37.3 Å². The average molecular weight is 954 g/mol. The van der Waals surface area contributed by atoms with Crippen LogP contribution in [0.1, 0.15) is 180 Å². The molecular weight excluding hydrogens is 885 g/mol. The number of nitriles is 1. The van der Waals surface area contributed by atoms with Crippen molar-refractivity contribution in [2.24, 2.45) is 9.98 Å². The summed E-state index contributed by atoms with van der Waals surface area (Å²) in [6, 6.07) is 28.2. The number of halogens is 2. The number of esters is 2. The highest BCUT2D eigenvalue weighted by Crippen LogP contribution is 2.28. The second-order valence-corrected chi connectivity index (χ2v) is 17.6. The molecule has 5 aromatic carbocycles. The van der Waals surface area contributed by atoms with Gasteiger partial charge >= 0.3 is 11.9 Å². The largest absolute Gasteiger partial charge is 0.491 e. The number of ether oxygens (including phenoxy) is 4. The molecule has 0 aromatic heterocycles. The van der Waals surface area contributed by atoms with E-state index in [4.69, 9.17) is 18.9 Å². The number of nitrogens with zero attached hydrogens (tertiary/aromatic N) is 3. The van der Waals surface area contributed by atoms with Crippen LogP contribution in [0.15, 0.2) is 113 Å². The molecule has 0 spiro atoms. The number of carbonyl (C=O) groups excluding carboxylic acids is 2. The van der Waals surface area contributed by atoms with E-state index in [2.05, 4.69) is 23.8 Å². The van der Waals surface area contributed by atoms with Crippen LogP contribution in [0.25, 0.3) is 0 Å². The van der Waals surface area contributed by atoms with Gasteiger partial charge in [0.15, 0.2) is 28.9 Å². The Morgan fingerprint density at radius 2 is 0.886 bits per heavy atom. The summed E-state index contributed by atoms with van der Waals surface area (Å²) in [5.74, 6) is -1.99. The average Bonchev–Trinajstić information content (AvgIpc) is 3.37. The lowest BCUT2D eigenvalue weighted by Gasteiger charge is -2.10. The van der Waals surface area contributed by atoms with E-state index in [1.54, 1.807) is 85.2 Å². The zero-order valence-corrected chi connectivity index (χ0v) is 41.1. The van der Waals surface area contributed by atoms with Gasteiger partial charge in [0.25, 0.3) is 0 Å². The standard InChI is InChI=1S/C59H69F2N3O6/c1-3-5-7-9-11-13-15-17-19-21-37-67-55-35-32-50(39-53(55)60)63-43-45-23-27-47(28-24-45)58(65)69-52-34-31-49(42-62)57(41-52)70-59(66)48-29-25-46(26-30-48)44-64-51-33-36-56(54(61)40-51)68-38-22-20-18-16-14-12-10-8-6-4-2/h23-36,39-41,43-44H,3-22,37-38H2,1-2H3. The summed E-state index contributed by atoms with van der Waals surface area (Å²) in [6.45, 7) is 5.40. The molecule has 0 saturated heterocycles. The quantitative estimate of drug-likeness (QED) is 0.0182. The maximum absolute atomic E-state index is 14.8. The lowest BCUT2D eigenvalue weighted by Crippen LogP contribution is -2.11. The Morgan fingerprint density at radius 1 is 0.486 bits per heavy atom. The molecule has 11 heteroatoms. The molecular formula is C59H69F2N3O6. The Kier molecular flexibility index (Phi) is 24.4. The molecule has 0 bridgehead atoms. The molecule has 9 nitrogen and oxygen atoms in total. The summed E-state index contributed by atoms with van der Waals surface area (Å²) < 4.78 is 52.0. The predicted octanol–water partition coefficient (Wildman–Crippen LogP) is 16.4. The van der Waals surface area contributed by atoms with Gasteiger partial charge in [0.05, 0.1) is 41.3 Å². The summed E-state index contributed by atoms with van der Waals surface area (Å²) in [7, 11) is 0. The van der Waals surface area contributed by atoms with Crippen LogP contribution in [-0.2, 0) is 0 Å². The van der Waals surface area contributed by atoms with Gasteiger partial charge in [-0.25, -0.2) is 18.4 Å². The second kappa shape index (κ2) is 31.5. The lowest BCUT2D eigenvalue weighted by atomic mass is 10.1. The summed E-state index contributed by atoms with van der Waals surface area (Å²) >= 11 is 0. The molecule has 0 atom stereocenters. The van der Waals surface area contributed by atoms with Crippen molar-refractivity contribution in [2.45, 2.75) is 142 Å². The molecule has 5 rings (SSSR count). The number of unbranched alkanes of at least 4 members (excludes halogenated alkanes) is 18. The molecule has 0 saturated carbocycles. The zero-order chi connectivity index (χ0) is 49.6. The highest BCUT2D eigenvalue weighted by Gasteiger charge is 2.16. The normalized spacial score (nSPS) is 11.2. The van der Waals surface area contributed by atoms with Crippen molar-refractivity contribution >= 4 is 35.7 Å². The molecule has 0 unspecified atom stereocenters. The van der Waals surface area contributed by atoms with Crippen molar-refractivity contribution in [3.05, 3.63) is 143 Å². The zero-order valence-electron chi connectivity index (χ0n) is 41.1. The molecule has 370 valence electrons. The van der Waals surface area contributed by atoms with Crippen molar-refractivity contribution in [3.8, 4) is 29.1 Å². The van der Waals surface area contributed by atoms with Crippen LogP contribution in [-0.4, -0.2) is 37.6 Å². The van der Waals surface area contributed by atoms with Gasteiger partial charge in [0, 0.05) is 30.6 Å². The van der Waals surface area contributed by atoms with Gasteiger partial charge in [-0.2, -0.15) is 5.26 Å². The Labute approximate surface area is 414 Å². The highest BCUT2D eigenvalue weighted by atomic mass is 19.1. The molecule has 0 aliphatic carbocycles. The number of benzene rings is 5. The maximum atomic E-state index is 14.8. The minimum absolute atomic E-state index is 0.0621. The fourth-order valence-electron chi connectivity index (χ4n) is 7.69. The van der Waals surface area contributed by atoms with Crippen LogP contribution in [0, 0.1) is 23.0 Å². The van der Waals surface area contributed by atoms with E-state index >= 15 is 0 Å². The van der Waals surface area contributed by atoms with Gasteiger partial charge in [-0.15, -0.1) is 0 Å². The van der Waals surface area contributed by atoms with Gasteiger partial charge in [-0.05, 0) is 84.6 Å². The minimum Gasteiger partial charge on any atom is -0.491 e. The van der Waals surface area contributed by atoms with E-state index in [1.165, 1.54) is 133 Å². The monoisotopic (exact) mass is 954 g/mol. The molecule has 0 aliphatic heterocycles. The number of carbonyl (C=O) groups is 2. The fourth-order valence-corrected chi connectivity index (χ4v) is 7.69. The van der Waals surface area contributed by atoms with E-state index in [0.29, 0.717) is 35.7 Å². The van der Waals surface area contributed by atoms with Crippen LogP contribution in [0.5, 0.6) is 23.0 Å². The van der Waals surface area contributed by atoms with Crippen LogP contribution < -0.4 is 18.9 Å². The SMILES string of the molecule is CCCCCCCCCCCCOc1ccc(N=Cc2ccc(C(=O)Oc3ccc(C#N)c(OC(=O)c4ccc(C=Nc5ccc(OCCCCCCCCCCCC)c(F)c5)cc4)c3)cc2)cc1F. The van der Waals surface area contributed by atoms with Crippen molar-refractivity contribution in [3.63, 3.8) is 0 Å². The summed E-state index contributed by atoms with van der Waals surface area (Å²) in [5.41, 5.74) is 2.67. The first-order chi connectivity index (χ1) is 34.3. The van der Waals surface area contributed by atoms with Crippen LogP contribution in [0.3, 0.4) is 0 Å². The van der Waals surface area contributed by atoms with Crippen molar-refractivity contribution in [1.29, 1.82) is 5.26 Å². The smallest absolute Gasteiger partial charge is 0.343 e. The van der Waals surface area contributed by atoms with E-state index in [1.807, 2.05) is 6.07 Å². The van der Waals surface area contributed by atoms with E-state index in [-0.39, 0.29) is 39.7 Å². The predicted molar refractivity (Wildman–Crippen MR) is 276 cm³/mol. The van der Waals surface area contributed by atoms with Crippen molar-refractivity contribution in [1.82, 2.24) is 0 Å². The van der Waals surface area contributed by atoms with E-state index in [0.717, 1.165) is 25.7 Å². The van der Waals surface area contributed by atoms with E-state index < -0.39 is 23.6 Å². The summed E-state index contributed by atoms with van der Waals surface area (Å²) in [5, 5.41) is 9.71. The number of aliphatic imine (C=N–C) groups is 2. The highest BCUT2D eigenvalue weighted by molar-refractivity contribution is 5.94. The molecule has 0 aliphatic rings. The topological polar surface area (TPSA) is 120 Å². The van der Waals surface area contributed by atoms with Crippen LogP contribution in [0.2, 0.25) is 0 Å². The lowest BCUT2D eigenvalue weighted by molar-refractivity contribution is 0.0732. The van der Waals surface area contributed by atoms with E-state index in [9.17, 15) is 23.6 Å². The number of hydrogen-bond acceptors (Lipinski definition) is 9. The first-order valence-corrected chi connectivity index (χ1v) is 25.4. The Morgan fingerprint density at radius 3 is 1.29 bits per heavy atom. The number of rotatable bonds is 32. The van der Waals surface area contributed by atoms with Gasteiger partial charge in [-0.1, -0.05) is 154 Å². The minimum atomic E-state index is -0.734. The fraction of sp³-hybridized carbons (Fsp3) is 0.407.